The Morgan fingerprint density at radius 2 is 1.37 bits per heavy atom. The summed E-state index contributed by atoms with van der Waals surface area (Å²) >= 11 is 0. The summed E-state index contributed by atoms with van der Waals surface area (Å²) in [6.45, 7) is 7.65. The Hall–Kier alpha value is -1.96. The van der Waals surface area contributed by atoms with E-state index >= 15 is 0 Å². The second-order valence-corrected chi connectivity index (χ2v) is 5.13. The molecule has 0 aromatic heterocycles. The van der Waals surface area contributed by atoms with Crippen molar-refractivity contribution in [2.75, 3.05) is 13.2 Å². The maximum atomic E-state index is 5.69. The van der Waals surface area contributed by atoms with Crippen LogP contribution in [-0.4, -0.2) is 13.2 Å². The van der Waals surface area contributed by atoms with E-state index in [9.17, 15) is 0 Å². The van der Waals surface area contributed by atoms with E-state index in [1.165, 1.54) is 27.8 Å². The van der Waals surface area contributed by atoms with E-state index in [1.54, 1.807) is 0 Å². The molecule has 1 aliphatic heterocycles. The summed E-state index contributed by atoms with van der Waals surface area (Å²) in [6, 6.07) is 10.7. The van der Waals surface area contributed by atoms with Gasteiger partial charge in [-0.15, -0.1) is 0 Å². The number of benzene rings is 2. The molecule has 2 heteroatoms. The fourth-order valence-electron chi connectivity index (χ4n) is 2.51. The Kier molecular flexibility index (Phi) is 2.94. The topological polar surface area (TPSA) is 18.5 Å². The molecule has 1 heterocycles. The Bertz CT molecular complexity index is 629. The molecule has 0 saturated heterocycles. The third-order valence-electron chi connectivity index (χ3n) is 3.57. The number of rotatable bonds is 1. The average Bonchev–Trinajstić information content (AvgIpc) is 2.41. The van der Waals surface area contributed by atoms with Crippen molar-refractivity contribution in [3.05, 3.63) is 47.0 Å². The number of aryl methyl sites for hydroxylation is 3. The Labute approximate surface area is 114 Å². The van der Waals surface area contributed by atoms with E-state index in [0.717, 1.165) is 11.5 Å². The molecule has 1 aliphatic rings. The molecular formula is C17H18O2. The highest BCUT2D eigenvalue weighted by atomic mass is 16.6. The first-order valence-corrected chi connectivity index (χ1v) is 6.63. The van der Waals surface area contributed by atoms with Gasteiger partial charge in [0.05, 0.1) is 0 Å². The zero-order valence-electron chi connectivity index (χ0n) is 11.6. The molecule has 2 aromatic carbocycles. The van der Waals surface area contributed by atoms with Crippen molar-refractivity contribution in [3.63, 3.8) is 0 Å². The van der Waals surface area contributed by atoms with Gasteiger partial charge in [0.25, 0.3) is 0 Å². The predicted octanol–water partition coefficient (Wildman–Crippen LogP) is 4.05. The van der Waals surface area contributed by atoms with Crippen LogP contribution in [-0.2, 0) is 0 Å². The first kappa shape index (κ1) is 12.1. The summed E-state index contributed by atoms with van der Waals surface area (Å²) in [5.41, 5.74) is 6.28. The Balaban J connectivity index is 2.17. The van der Waals surface area contributed by atoms with Crippen LogP contribution < -0.4 is 9.47 Å². The molecule has 3 rings (SSSR count). The van der Waals surface area contributed by atoms with Crippen LogP contribution >= 0.6 is 0 Å². The van der Waals surface area contributed by atoms with Gasteiger partial charge >= 0.3 is 0 Å². The molecule has 19 heavy (non-hydrogen) atoms. The molecular weight excluding hydrogens is 236 g/mol. The predicted molar refractivity (Wildman–Crippen MR) is 77.1 cm³/mol. The monoisotopic (exact) mass is 254 g/mol. The summed E-state index contributed by atoms with van der Waals surface area (Å²) in [5.74, 6) is 1.71. The minimum absolute atomic E-state index is 0.627. The maximum absolute atomic E-state index is 5.69. The molecule has 98 valence electrons. The van der Waals surface area contributed by atoms with Crippen molar-refractivity contribution < 1.29 is 9.47 Å². The molecule has 0 bridgehead atoms. The van der Waals surface area contributed by atoms with Crippen LogP contribution in [0.2, 0.25) is 0 Å². The molecule has 2 nitrogen and oxygen atoms in total. The summed E-state index contributed by atoms with van der Waals surface area (Å²) in [5, 5.41) is 0. The normalized spacial score (nSPS) is 13.4. The van der Waals surface area contributed by atoms with Crippen LogP contribution in [0, 0.1) is 20.8 Å². The van der Waals surface area contributed by atoms with Gasteiger partial charge < -0.3 is 9.47 Å². The van der Waals surface area contributed by atoms with Crippen LogP contribution in [0.4, 0.5) is 0 Å². The lowest BCUT2D eigenvalue weighted by Crippen LogP contribution is -2.15. The fraction of sp³-hybridized carbons (Fsp3) is 0.294. The van der Waals surface area contributed by atoms with Crippen molar-refractivity contribution in [1.82, 2.24) is 0 Å². The third-order valence-corrected chi connectivity index (χ3v) is 3.57. The SMILES string of the molecule is Cc1ccc(C)c(-c2cc3c(cc2C)OCCO3)c1. The van der Waals surface area contributed by atoms with Crippen molar-refractivity contribution in [2.45, 2.75) is 20.8 Å². The zero-order valence-corrected chi connectivity index (χ0v) is 11.6. The van der Waals surface area contributed by atoms with Gasteiger partial charge in [0.2, 0.25) is 0 Å². The molecule has 0 aliphatic carbocycles. The van der Waals surface area contributed by atoms with Gasteiger partial charge in [-0.3, -0.25) is 0 Å². The summed E-state index contributed by atoms with van der Waals surface area (Å²) in [4.78, 5) is 0. The molecule has 0 fully saturated rings. The minimum Gasteiger partial charge on any atom is -0.486 e. The first-order chi connectivity index (χ1) is 9.15. The van der Waals surface area contributed by atoms with E-state index in [1.807, 2.05) is 0 Å². The lowest BCUT2D eigenvalue weighted by atomic mass is 9.94. The highest BCUT2D eigenvalue weighted by Gasteiger charge is 2.15. The molecule has 0 spiro atoms. The van der Waals surface area contributed by atoms with Crippen molar-refractivity contribution in [3.8, 4) is 22.6 Å². The Morgan fingerprint density at radius 3 is 2.11 bits per heavy atom. The van der Waals surface area contributed by atoms with Crippen molar-refractivity contribution in [1.29, 1.82) is 0 Å². The lowest BCUT2D eigenvalue weighted by molar-refractivity contribution is 0.171. The van der Waals surface area contributed by atoms with Crippen LogP contribution in [0.5, 0.6) is 11.5 Å². The van der Waals surface area contributed by atoms with Crippen LogP contribution in [0.15, 0.2) is 30.3 Å². The minimum atomic E-state index is 0.627. The lowest BCUT2D eigenvalue weighted by Gasteiger charge is -2.21. The van der Waals surface area contributed by atoms with Crippen LogP contribution in [0.1, 0.15) is 16.7 Å². The maximum Gasteiger partial charge on any atom is 0.161 e. The smallest absolute Gasteiger partial charge is 0.161 e. The number of hydrogen-bond donors (Lipinski definition) is 0. The molecule has 2 aromatic rings. The summed E-state index contributed by atoms with van der Waals surface area (Å²) < 4.78 is 11.3. The van der Waals surface area contributed by atoms with E-state index in [0.29, 0.717) is 13.2 Å². The molecule has 0 atom stereocenters. The quantitative estimate of drug-likeness (QED) is 0.764. The third kappa shape index (κ3) is 2.19. The largest absolute Gasteiger partial charge is 0.486 e. The highest BCUT2D eigenvalue weighted by molar-refractivity contribution is 5.74. The van der Waals surface area contributed by atoms with E-state index in [-0.39, 0.29) is 0 Å². The molecule has 0 radical (unpaired) electrons. The molecule has 0 N–H and O–H groups in total. The second-order valence-electron chi connectivity index (χ2n) is 5.13. The number of ether oxygens (including phenoxy) is 2. The summed E-state index contributed by atoms with van der Waals surface area (Å²) in [7, 11) is 0. The molecule has 0 saturated carbocycles. The fourth-order valence-corrected chi connectivity index (χ4v) is 2.51. The van der Waals surface area contributed by atoms with Gasteiger partial charge in [0, 0.05) is 0 Å². The summed E-state index contributed by atoms with van der Waals surface area (Å²) in [6.07, 6.45) is 0. The highest BCUT2D eigenvalue weighted by Crippen LogP contribution is 2.38. The van der Waals surface area contributed by atoms with E-state index in [4.69, 9.17) is 9.47 Å². The van der Waals surface area contributed by atoms with Crippen molar-refractivity contribution in [2.24, 2.45) is 0 Å². The van der Waals surface area contributed by atoms with Crippen LogP contribution in [0.25, 0.3) is 11.1 Å². The van der Waals surface area contributed by atoms with Gasteiger partial charge in [-0.25, -0.2) is 0 Å². The molecule has 0 amide bonds. The van der Waals surface area contributed by atoms with Crippen molar-refractivity contribution >= 4 is 0 Å². The van der Waals surface area contributed by atoms with Gasteiger partial charge in [-0.1, -0.05) is 23.8 Å². The van der Waals surface area contributed by atoms with Crippen LogP contribution in [0.3, 0.4) is 0 Å². The first-order valence-electron chi connectivity index (χ1n) is 6.63. The average molecular weight is 254 g/mol. The molecule has 0 unspecified atom stereocenters. The number of hydrogen-bond acceptors (Lipinski definition) is 2. The van der Waals surface area contributed by atoms with E-state index in [2.05, 4.69) is 51.1 Å². The standard InChI is InChI=1S/C17H18O2/c1-11-4-5-12(2)14(8-11)15-10-17-16(9-13(15)3)18-6-7-19-17/h4-5,8-10H,6-7H2,1-3H3. The number of fused-ring (bicyclic) bond motifs is 1. The van der Waals surface area contributed by atoms with Gasteiger partial charge in [0.1, 0.15) is 13.2 Å². The van der Waals surface area contributed by atoms with Gasteiger partial charge in [0.15, 0.2) is 11.5 Å². The zero-order chi connectivity index (χ0) is 13.4. The second kappa shape index (κ2) is 4.61. The van der Waals surface area contributed by atoms with Gasteiger partial charge in [-0.05, 0) is 55.2 Å². The van der Waals surface area contributed by atoms with E-state index < -0.39 is 0 Å². The van der Waals surface area contributed by atoms with Gasteiger partial charge in [-0.2, -0.15) is 0 Å². The Morgan fingerprint density at radius 1 is 0.737 bits per heavy atom.